The molecule has 0 amide bonds. The van der Waals surface area contributed by atoms with Gasteiger partial charge in [0.05, 0.1) is 15.9 Å². The van der Waals surface area contributed by atoms with Gasteiger partial charge in [0, 0.05) is 12.3 Å². The highest BCUT2D eigenvalue weighted by Crippen LogP contribution is 2.36. The van der Waals surface area contributed by atoms with Crippen molar-refractivity contribution in [2.24, 2.45) is 0 Å². The predicted octanol–water partition coefficient (Wildman–Crippen LogP) is 3.44. The molecule has 1 heterocycles. The number of nitrogens with zero attached hydrogens (tertiary/aromatic N) is 2. The molecule has 4 nitrogen and oxygen atoms in total. The highest BCUT2D eigenvalue weighted by atomic mass is 127. The second kappa shape index (κ2) is 7.08. The maximum Gasteiger partial charge on any atom is 0.411 e. The van der Waals surface area contributed by atoms with Gasteiger partial charge in [-0.05, 0) is 35.4 Å². The molecule has 0 aliphatic heterocycles. The van der Waals surface area contributed by atoms with Crippen LogP contribution in [0.1, 0.15) is 43.1 Å². The summed E-state index contributed by atoms with van der Waals surface area (Å²) in [7, 11) is 0. The van der Waals surface area contributed by atoms with Crippen LogP contribution in [0, 0.1) is 3.57 Å². The van der Waals surface area contributed by atoms with Crippen LogP contribution in [0.2, 0.25) is 0 Å². The number of alkyl halides is 3. The topological polar surface area (TPSA) is 61.0 Å². The van der Waals surface area contributed by atoms with E-state index in [1.54, 1.807) is 0 Å². The highest BCUT2D eigenvalue weighted by Gasteiger charge is 2.27. The van der Waals surface area contributed by atoms with Crippen LogP contribution >= 0.6 is 22.6 Å². The van der Waals surface area contributed by atoms with E-state index in [4.69, 9.17) is 5.73 Å². The van der Waals surface area contributed by atoms with Crippen LogP contribution in [0.3, 0.4) is 0 Å². The summed E-state index contributed by atoms with van der Waals surface area (Å²) in [5, 5.41) is 0. The van der Waals surface area contributed by atoms with Gasteiger partial charge in [-0.15, -0.1) is 0 Å². The molecule has 0 radical (unpaired) electrons. The first-order valence-corrected chi connectivity index (χ1v) is 7.91. The van der Waals surface area contributed by atoms with Crippen molar-refractivity contribution in [3.8, 4) is 0 Å². The average molecular weight is 415 g/mol. The van der Waals surface area contributed by atoms with E-state index in [2.05, 4.69) is 37.3 Å². The van der Waals surface area contributed by atoms with Crippen molar-refractivity contribution >= 4 is 28.4 Å². The van der Waals surface area contributed by atoms with Crippen molar-refractivity contribution in [3.63, 3.8) is 0 Å². The Labute approximate surface area is 134 Å². The van der Waals surface area contributed by atoms with Crippen molar-refractivity contribution in [2.45, 2.75) is 44.2 Å². The van der Waals surface area contributed by atoms with Crippen LogP contribution in [0.25, 0.3) is 0 Å². The van der Waals surface area contributed by atoms with E-state index in [0.717, 1.165) is 22.1 Å². The van der Waals surface area contributed by atoms with Gasteiger partial charge in [-0.25, -0.2) is 9.97 Å². The molecular weight excluding hydrogens is 398 g/mol. The lowest BCUT2D eigenvalue weighted by Gasteiger charge is -2.14. The second-order valence-corrected chi connectivity index (χ2v) is 6.20. The number of nitrogen functional groups attached to an aromatic ring is 1. The van der Waals surface area contributed by atoms with Crippen LogP contribution in [-0.4, -0.2) is 29.4 Å². The van der Waals surface area contributed by atoms with Gasteiger partial charge >= 0.3 is 6.18 Å². The normalized spacial score (nSPS) is 16.6. The lowest BCUT2D eigenvalue weighted by atomic mass is 10.0. The number of nitrogens with two attached hydrogens (primary N) is 1. The second-order valence-electron chi connectivity index (χ2n) is 5.12. The molecule has 0 atom stereocenters. The maximum absolute atomic E-state index is 12.0. The van der Waals surface area contributed by atoms with E-state index in [1.165, 1.54) is 12.8 Å². The number of ether oxygens (including phenoxy) is 1. The molecule has 1 fully saturated rings. The third kappa shape index (κ3) is 4.94. The molecule has 0 saturated heterocycles. The van der Waals surface area contributed by atoms with Crippen molar-refractivity contribution in [2.75, 3.05) is 18.9 Å². The average Bonchev–Trinajstić information content (AvgIpc) is 2.91. The number of rotatable bonds is 5. The smallest absolute Gasteiger partial charge is 0.383 e. The Hall–Kier alpha value is -0.640. The first kappa shape index (κ1) is 16.7. The van der Waals surface area contributed by atoms with Gasteiger partial charge in [-0.1, -0.05) is 12.8 Å². The van der Waals surface area contributed by atoms with Crippen LogP contribution in [0.15, 0.2) is 0 Å². The van der Waals surface area contributed by atoms with Crippen molar-refractivity contribution in [1.29, 1.82) is 0 Å². The fraction of sp³-hybridized carbons (Fsp3) is 0.692. The van der Waals surface area contributed by atoms with Crippen LogP contribution in [-0.2, 0) is 11.2 Å². The minimum Gasteiger partial charge on any atom is -0.383 e. The van der Waals surface area contributed by atoms with Gasteiger partial charge in [-0.3, -0.25) is 0 Å². The molecule has 8 heteroatoms. The lowest BCUT2D eigenvalue weighted by molar-refractivity contribution is -0.173. The molecule has 0 aromatic carbocycles. The third-order valence-corrected chi connectivity index (χ3v) is 4.53. The molecule has 1 aromatic rings. The molecule has 118 valence electrons. The standard InChI is InChI=1S/C13H17F3IN3O/c14-13(15,16)7-21-6-5-9-19-11(8-3-1-2-4-8)10(17)12(18)20-9/h8H,1-7H2,(H2,18,19,20). The van der Waals surface area contributed by atoms with E-state index in [1.807, 2.05) is 0 Å². The third-order valence-electron chi connectivity index (χ3n) is 3.43. The molecule has 1 aliphatic carbocycles. The summed E-state index contributed by atoms with van der Waals surface area (Å²) in [5.74, 6) is 1.24. The molecule has 2 rings (SSSR count). The molecule has 1 aliphatic rings. The van der Waals surface area contributed by atoms with Crippen molar-refractivity contribution < 1.29 is 17.9 Å². The molecule has 2 N–H and O–H groups in total. The number of hydrogen-bond acceptors (Lipinski definition) is 4. The molecule has 0 unspecified atom stereocenters. The number of hydrogen-bond donors (Lipinski definition) is 1. The zero-order valence-corrected chi connectivity index (χ0v) is 13.6. The maximum atomic E-state index is 12.0. The Kier molecular flexibility index (Phi) is 5.64. The zero-order valence-electron chi connectivity index (χ0n) is 11.4. The van der Waals surface area contributed by atoms with Crippen LogP contribution in [0.5, 0.6) is 0 Å². The predicted molar refractivity (Wildman–Crippen MR) is 80.9 cm³/mol. The van der Waals surface area contributed by atoms with E-state index in [-0.39, 0.29) is 13.0 Å². The molecular formula is C13H17F3IN3O. The minimum atomic E-state index is -4.30. The molecule has 0 spiro atoms. The van der Waals surface area contributed by atoms with E-state index in [9.17, 15) is 13.2 Å². The lowest BCUT2D eigenvalue weighted by Crippen LogP contribution is -2.18. The fourth-order valence-electron chi connectivity index (χ4n) is 2.47. The van der Waals surface area contributed by atoms with E-state index >= 15 is 0 Å². The van der Waals surface area contributed by atoms with Crippen LogP contribution in [0.4, 0.5) is 19.0 Å². The van der Waals surface area contributed by atoms with Gasteiger partial charge in [0.15, 0.2) is 0 Å². The van der Waals surface area contributed by atoms with Gasteiger partial charge in [0.2, 0.25) is 0 Å². The summed E-state index contributed by atoms with van der Waals surface area (Å²) in [6, 6.07) is 0. The van der Waals surface area contributed by atoms with E-state index < -0.39 is 12.8 Å². The zero-order chi connectivity index (χ0) is 15.5. The number of halogens is 4. The Balaban J connectivity index is 2.00. The number of aromatic nitrogens is 2. The summed E-state index contributed by atoms with van der Waals surface area (Å²) >= 11 is 2.14. The first-order valence-electron chi connectivity index (χ1n) is 6.83. The Bertz CT molecular complexity index is 490. The molecule has 1 saturated carbocycles. The Morgan fingerprint density at radius 1 is 1.24 bits per heavy atom. The molecule has 1 aromatic heterocycles. The van der Waals surface area contributed by atoms with Crippen molar-refractivity contribution in [3.05, 3.63) is 15.1 Å². The highest BCUT2D eigenvalue weighted by molar-refractivity contribution is 14.1. The quantitative estimate of drug-likeness (QED) is 0.592. The van der Waals surface area contributed by atoms with Gasteiger partial charge in [0.1, 0.15) is 18.2 Å². The van der Waals surface area contributed by atoms with Crippen molar-refractivity contribution in [1.82, 2.24) is 9.97 Å². The Morgan fingerprint density at radius 2 is 1.90 bits per heavy atom. The fourth-order valence-corrected chi connectivity index (χ4v) is 3.15. The van der Waals surface area contributed by atoms with Gasteiger partial charge in [0.25, 0.3) is 0 Å². The summed E-state index contributed by atoms with van der Waals surface area (Å²) in [6.07, 6.45) is 0.439. The molecule has 21 heavy (non-hydrogen) atoms. The van der Waals surface area contributed by atoms with Crippen LogP contribution < -0.4 is 5.73 Å². The summed E-state index contributed by atoms with van der Waals surface area (Å²) < 4.78 is 41.4. The van der Waals surface area contributed by atoms with Gasteiger partial charge < -0.3 is 10.5 Å². The monoisotopic (exact) mass is 415 g/mol. The summed E-state index contributed by atoms with van der Waals surface area (Å²) in [6.45, 7) is -1.31. The largest absolute Gasteiger partial charge is 0.411 e. The number of anilines is 1. The SMILES string of the molecule is Nc1nc(CCOCC(F)(F)F)nc(C2CCCC2)c1I. The summed E-state index contributed by atoms with van der Waals surface area (Å²) in [4.78, 5) is 8.63. The molecule has 0 bridgehead atoms. The van der Waals surface area contributed by atoms with E-state index in [0.29, 0.717) is 17.6 Å². The first-order chi connectivity index (χ1) is 9.87. The Morgan fingerprint density at radius 3 is 2.52 bits per heavy atom. The summed E-state index contributed by atoms with van der Waals surface area (Å²) in [5.41, 5.74) is 6.82. The van der Waals surface area contributed by atoms with Gasteiger partial charge in [-0.2, -0.15) is 13.2 Å². The minimum absolute atomic E-state index is 0.0658.